The van der Waals surface area contributed by atoms with Crippen molar-refractivity contribution in [1.82, 2.24) is 10.6 Å². The molecule has 0 spiro atoms. The van der Waals surface area contributed by atoms with Crippen LogP contribution in [-0.2, 0) is 9.53 Å². The molecule has 1 saturated heterocycles. The summed E-state index contributed by atoms with van der Waals surface area (Å²) in [5, 5.41) is 6.40. The highest BCUT2D eigenvalue weighted by molar-refractivity contribution is 7.80. The van der Waals surface area contributed by atoms with Crippen molar-refractivity contribution < 1.29 is 14.3 Å². The molecule has 0 aliphatic carbocycles. The Hall–Kier alpha value is -2.34. The van der Waals surface area contributed by atoms with Crippen molar-refractivity contribution >= 4 is 23.3 Å². The molecule has 5 nitrogen and oxygen atoms in total. The van der Waals surface area contributed by atoms with Gasteiger partial charge < -0.3 is 20.1 Å². The van der Waals surface area contributed by atoms with E-state index in [-0.39, 0.29) is 18.6 Å². The second kappa shape index (κ2) is 7.09. The highest BCUT2D eigenvalue weighted by Crippen LogP contribution is 2.31. The van der Waals surface area contributed by atoms with Gasteiger partial charge in [-0.15, -0.1) is 0 Å². The van der Waals surface area contributed by atoms with Crippen LogP contribution < -0.4 is 15.4 Å². The van der Waals surface area contributed by atoms with Gasteiger partial charge in [0.2, 0.25) is 0 Å². The highest BCUT2D eigenvalue weighted by Gasteiger charge is 2.37. The summed E-state index contributed by atoms with van der Waals surface area (Å²) in [6.45, 7) is 7.59. The molecule has 1 aliphatic heterocycles. The van der Waals surface area contributed by atoms with E-state index < -0.39 is 5.92 Å². The molecule has 1 heterocycles. The van der Waals surface area contributed by atoms with Crippen LogP contribution in [0.5, 0.6) is 5.75 Å². The van der Waals surface area contributed by atoms with Crippen LogP contribution in [0.15, 0.2) is 49.2 Å². The summed E-state index contributed by atoms with van der Waals surface area (Å²) in [6.07, 6.45) is 1.52. The van der Waals surface area contributed by atoms with Crippen LogP contribution in [0, 0.1) is 5.92 Å². The van der Waals surface area contributed by atoms with Crippen molar-refractivity contribution in [2.75, 3.05) is 13.7 Å². The average Bonchev–Trinajstić information content (AvgIpc) is 2.51. The van der Waals surface area contributed by atoms with Crippen molar-refractivity contribution in [2.45, 2.75) is 6.04 Å². The molecular formula is C16H18N2O3S. The van der Waals surface area contributed by atoms with Crippen LogP contribution in [0.2, 0.25) is 0 Å². The lowest BCUT2D eigenvalue weighted by Gasteiger charge is -2.34. The van der Waals surface area contributed by atoms with Crippen LogP contribution >= 0.6 is 12.2 Å². The van der Waals surface area contributed by atoms with E-state index in [0.717, 1.165) is 5.56 Å². The largest absolute Gasteiger partial charge is 0.497 e. The fourth-order valence-electron chi connectivity index (χ4n) is 2.31. The summed E-state index contributed by atoms with van der Waals surface area (Å²) in [4.78, 5) is 12.3. The molecule has 2 atom stereocenters. The topological polar surface area (TPSA) is 59.6 Å². The van der Waals surface area contributed by atoms with Gasteiger partial charge in [0.25, 0.3) is 0 Å². The standard InChI is InChI=1S/C16H18N2O3S/c1-4-8-21-15(19)13-10(2)17-16(22)18-14(13)11-6-5-7-12(9-11)20-3/h4-7,9,13-14H,1-2,8H2,3H3,(H2,17,18,22)/t13-,14+/m0/s1. The number of hydrogen-bond donors (Lipinski definition) is 2. The predicted molar refractivity (Wildman–Crippen MR) is 88.4 cm³/mol. The quantitative estimate of drug-likeness (QED) is 0.492. The minimum Gasteiger partial charge on any atom is -0.497 e. The van der Waals surface area contributed by atoms with Gasteiger partial charge in [-0.3, -0.25) is 4.79 Å². The zero-order valence-electron chi connectivity index (χ0n) is 12.3. The summed E-state index contributed by atoms with van der Waals surface area (Å²) >= 11 is 5.17. The molecular weight excluding hydrogens is 300 g/mol. The number of nitrogens with one attached hydrogen (secondary N) is 2. The minimum atomic E-state index is -0.598. The number of benzene rings is 1. The fraction of sp³-hybridized carbons (Fsp3) is 0.250. The number of hydrogen-bond acceptors (Lipinski definition) is 4. The second-order valence-corrected chi connectivity index (χ2v) is 5.18. The third-order valence-electron chi connectivity index (χ3n) is 3.32. The first-order valence-electron chi connectivity index (χ1n) is 6.74. The first-order valence-corrected chi connectivity index (χ1v) is 7.15. The number of methoxy groups -OCH3 is 1. The lowest BCUT2D eigenvalue weighted by molar-refractivity contribution is -0.147. The minimum absolute atomic E-state index is 0.151. The third kappa shape index (κ3) is 3.46. The normalized spacial score (nSPS) is 20.6. The van der Waals surface area contributed by atoms with Gasteiger partial charge in [0.05, 0.1) is 13.2 Å². The Balaban J connectivity index is 2.33. The molecule has 0 saturated carbocycles. The van der Waals surface area contributed by atoms with Crippen LogP contribution in [0.25, 0.3) is 0 Å². The van der Waals surface area contributed by atoms with Crippen LogP contribution in [0.1, 0.15) is 11.6 Å². The fourth-order valence-corrected chi connectivity index (χ4v) is 2.56. The average molecular weight is 318 g/mol. The zero-order valence-corrected chi connectivity index (χ0v) is 13.1. The lowest BCUT2D eigenvalue weighted by Crippen LogP contribution is -2.51. The van der Waals surface area contributed by atoms with E-state index in [9.17, 15) is 4.79 Å². The second-order valence-electron chi connectivity index (χ2n) is 4.77. The molecule has 1 aliphatic rings. The SMILES string of the molecule is C=CCOC(=O)[C@H]1C(=C)NC(=S)N[C@@H]1c1cccc(OC)c1. The van der Waals surface area contributed by atoms with E-state index in [4.69, 9.17) is 21.7 Å². The maximum absolute atomic E-state index is 12.3. The van der Waals surface area contributed by atoms with E-state index in [1.54, 1.807) is 7.11 Å². The molecule has 0 bridgehead atoms. The van der Waals surface area contributed by atoms with Gasteiger partial charge in [-0.25, -0.2) is 0 Å². The van der Waals surface area contributed by atoms with Crippen molar-refractivity contribution in [3.63, 3.8) is 0 Å². The Bertz CT molecular complexity index is 615. The van der Waals surface area contributed by atoms with Crippen molar-refractivity contribution in [2.24, 2.45) is 5.92 Å². The summed E-state index contributed by atoms with van der Waals surface area (Å²) in [5.41, 5.74) is 1.37. The zero-order chi connectivity index (χ0) is 16.1. The molecule has 1 fully saturated rings. The number of thiocarbonyl (C=S) groups is 1. The number of ether oxygens (including phenoxy) is 2. The van der Waals surface area contributed by atoms with Crippen LogP contribution in [-0.4, -0.2) is 24.8 Å². The maximum atomic E-state index is 12.3. The summed E-state index contributed by atoms with van der Waals surface area (Å²) < 4.78 is 10.4. The number of rotatable bonds is 5. The molecule has 0 unspecified atom stereocenters. The molecule has 2 N–H and O–H groups in total. The van der Waals surface area contributed by atoms with Gasteiger partial charge in [-0.05, 0) is 29.9 Å². The Morgan fingerprint density at radius 3 is 2.95 bits per heavy atom. The van der Waals surface area contributed by atoms with E-state index in [1.807, 2.05) is 24.3 Å². The van der Waals surface area contributed by atoms with Gasteiger partial charge in [-0.2, -0.15) is 0 Å². The molecule has 116 valence electrons. The molecule has 0 radical (unpaired) electrons. The van der Waals surface area contributed by atoms with Crippen molar-refractivity contribution in [3.05, 3.63) is 54.8 Å². The predicted octanol–water partition coefficient (Wildman–Crippen LogP) is 2.07. The first kappa shape index (κ1) is 16.0. The summed E-state index contributed by atoms with van der Waals surface area (Å²) in [7, 11) is 1.59. The third-order valence-corrected chi connectivity index (χ3v) is 3.54. The molecule has 22 heavy (non-hydrogen) atoms. The number of esters is 1. The van der Waals surface area contributed by atoms with Gasteiger partial charge in [0.1, 0.15) is 18.3 Å². The Labute approximate surface area is 135 Å². The number of carbonyl (C=O) groups is 1. The van der Waals surface area contributed by atoms with Crippen LogP contribution in [0.3, 0.4) is 0 Å². The maximum Gasteiger partial charge on any atom is 0.317 e. The molecule has 6 heteroatoms. The highest BCUT2D eigenvalue weighted by atomic mass is 32.1. The van der Waals surface area contributed by atoms with E-state index in [0.29, 0.717) is 16.6 Å². The molecule has 2 rings (SSSR count). The Morgan fingerprint density at radius 1 is 1.50 bits per heavy atom. The van der Waals surface area contributed by atoms with Crippen LogP contribution in [0.4, 0.5) is 0 Å². The van der Waals surface area contributed by atoms with Gasteiger partial charge >= 0.3 is 5.97 Å². The molecule has 1 aromatic carbocycles. The Kier molecular flexibility index (Phi) is 5.16. The smallest absolute Gasteiger partial charge is 0.317 e. The van der Waals surface area contributed by atoms with E-state index >= 15 is 0 Å². The van der Waals surface area contributed by atoms with Gasteiger partial charge in [0.15, 0.2) is 5.11 Å². The molecule has 0 aromatic heterocycles. The van der Waals surface area contributed by atoms with Gasteiger partial charge in [0, 0.05) is 5.70 Å². The van der Waals surface area contributed by atoms with Crippen molar-refractivity contribution in [3.8, 4) is 5.75 Å². The van der Waals surface area contributed by atoms with E-state index in [1.165, 1.54) is 6.08 Å². The Morgan fingerprint density at radius 2 is 2.27 bits per heavy atom. The van der Waals surface area contributed by atoms with Gasteiger partial charge in [-0.1, -0.05) is 31.4 Å². The monoisotopic (exact) mass is 318 g/mol. The lowest BCUT2D eigenvalue weighted by atomic mass is 9.89. The summed E-state index contributed by atoms with van der Waals surface area (Å²) in [5.74, 6) is -0.286. The summed E-state index contributed by atoms with van der Waals surface area (Å²) in [6, 6.07) is 7.08. The number of carbonyl (C=O) groups excluding carboxylic acids is 1. The van der Waals surface area contributed by atoms with E-state index in [2.05, 4.69) is 23.8 Å². The van der Waals surface area contributed by atoms with Crippen molar-refractivity contribution in [1.29, 1.82) is 0 Å². The first-order chi connectivity index (χ1) is 10.6. The molecule has 0 amide bonds. The molecule has 1 aromatic rings.